The van der Waals surface area contributed by atoms with Gasteiger partial charge in [0.15, 0.2) is 0 Å². The summed E-state index contributed by atoms with van der Waals surface area (Å²) in [6, 6.07) is 6.23. The first kappa shape index (κ1) is 15.6. The highest BCUT2D eigenvalue weighted by Crippen LogP contribution is 2.32. The number of benzene rings is 1. The molecule has 0 amide bonds. The SMILES string of the molecule is CCN(CC1CCC1)C(CN)c1ccc(OC)c(Cl)c1. The summed E-state index contributed by atoms with van der Waals surface area (Å²) in [6.45, 7) is 4.97. The molecule has 0 saturated heterocycles. The molecule has 1 aromatic carbocycles. The molecule has 20 heavy (non-hydrogen) atoms. The first-order valence-corrected chi connectivity index (χ1v) is 7.85. The van der Waals surface area contributed by atoms with Gasteiger partial charge in [-0.3, -0.25) is 4.90 Å². The third-order valence-electron chi connectivity index (χ3n) is 4.35. The van der Waals surface area contributed by atoms with Gasteiger partial charge in [-0.05, 0) is 43.0 Å². The van der Waals surface area contributed by atoms with Gasteiger partial charge in [-0.2, -0.15) is 0 Å². The van der Waals surface area contributed by atoms with Gasteiger partial charge in [0, 0.05) is 19.1 Å². The Labute approximate surface area is 127 Å². The molecule has 1 aromatic rings. The van der Waals surface area contributed by atoms with Gasteiger partial charge in [0.05, 0.1) is 12.1 Å². The van der Waals surface area contributed by atoms with Crippen molar-refractivity contribution in [2.24, 2.45) is 11.7 Å². The molecule has 0 spiro atoms. The number of hydrogen-bond donors (Lipinski definition) is 1. The van der Waals surface area contributed by atoms with Gasteiger partial charge in [-0.1, -0.05) is 31.0 Å². The molecule has 1 aliphatic carbocycles. The van der Waals surface area contributed by atoms with Crippen molar-refractivity contribution in [2.75, 3.05) is 26.7 Å². The minimum atomic E-state index is 0.240. The van der Waals surface area contributed by atoms with E-state index in [1.54, 1.807) is 7.11 Å². The van der Waals surface area contributed by atoms with Crippen molar-refractivity contribution in [3.05, 3.63) is 28.8 Å². The Kier molecular flexibility index (Phi) is 5.70. The zero-order valence-corrected chi connectivity index (χ0v) is 13.2. The molecule has 3 nitrogen and oxygen atoms in total. The van der Waals surface area contributed by atoms with Crippen molar-refractivity contribution in [1.82, 2.24) is 4.90 Å². The maximum atomic E-state index is 6.24. The Bertz CT molecular complexity index is 434. The van der Waals surface area contributed by atoms with Gasteiger partial charge in [0.25, 0.3) is 0 Å². The lowest BCUT2D eigenvalue weighted by Crippen LogP contribution is -2.38. The lowest BCUT2D eigenvalue weighted by molar-refractivity contribution is 0.141. The summed E-state index contributed by atoms with van der Waals surface area (Å²) in [4.78, 5) is 2.47. The molecular weight excluding hydrogens is 272 g/mol. The molecule has 0 aromatic heterocycles. The van der Waals surface area contributed by atoms with E-state index in [-0.39, 0.29) is 6.04 Å². The molecule has 2 rings (SSSR count). The van der Waals surface area contributed by atoms with E-state index in [9.17, 15) is 0 Å². The largest absolute Gasteiger partial charge is 0.495 e. The molecule has 0 aliphatic heterocycles. The average molecular weight is 297 g/mol. The van der Waals surface area contributed by atoms with E-state index in [1.807, 2.05) is 12.1 Å². The summed E-state index contributed by atoms with van der Waals surface area (Å²) < 4.78 is 5.21. The van der Waals surface area contributed by atoms with Gasteiger partial charge in [0.1, 0.15) is 5.75 Å². The van der Waals surface area contributed by atoms with Crippen LogP contribution in [0.1, 0.15) is 37.8 Å². The summed E-state index contributed by atoms with van der Waals surface area (Å²) in [5.41, 5.74) is 7.20. The first-order valence-electron chi connectivity index (χ1n) is 7.47. The van der Waals surface area contributed by atoms with Crippen molar-refractivity contribution in [2.45, 2.75) is 32.2 Å². The van der Waals surface area contributed by atoms with Gasteiger partial charge in [-0.25, -0.2) is 0 Å². The predicted molar refractivity (Wildman–Crippen MR) is 84.4 cm³/mol. The number of hydrogen-bond acceptors (Lipinski definition) is 3. The molecule has 0 heterocycles. The smallest absolute Gasteiger partial charge is 0.137 e. The van der Waals surface area contributed by atoms with Gasteiger partial charge >= 0.3 is 0 Å². The minimum Gasteiger partial charge on any atom is -0.495 e. The van der Waals surface area contributed by atoms with Crippen LogP contribution >= 0.6 is 11.6 Å². The molecule has 4 heteroatoms. The second kappa shape index (κ2) is 7.30. The summed E-state index contributed by atoms with van der Waals surface area (Å²) >= 11 is 6.24. The molecule has 1 atom stereocenters. The van der Waals surface area contributed by atoms with Gasteiger partial charge < -0.3 is 10.5 Å². The Balaban J connectivity index is 2.14. The predicted octanol–water partition coefficient (Wildman–Crippen LogP) is 3.47. The van der Waals surface area contributed by atoms with E-state index < -0.39 is 0 Å². The summed E-state index contributed by atoms with van der Waals surface area (Å²) in [7, 11) is 1.64. The number of rotatable bonds is 7. The summed E-state index contributed by atoms with van der Waals surface area (Å²) in [5, 5.41) is 0.656. The monoisotopic (exact) mass is 296 g/mol. The number of nitrogens with two attached hydrogens (primary N) is 1. The van der Waals surface area contributed by atoms with Crippen molar-refractivity contribution in [3.63, 3.8) is 0 Å². The second-order valence-electron chi connectivity index (χ2n) is 5.53. The van der Waals surface area contributed by atoms with Crippen LogP contribution in [0.3, 0.4) is 0 Å². The number of likely N-dealkylation sites (N-methyl/N-ethyl adjacent to an activating group) is 1. The molecule has 0 bridgehead atoms. The third kappa shape index (κ3) is 3.46. The van der Waals surface area contributed by atoms with E-state index in [0.717, 1.165) is 19.0 Å². The third-order valence-corrected chi connectivity index (χ3v) is 4.64. The van der Waals surface area contributed by atoms with Crippen LogP contribution in [0.15, 0.2) is 18.2 Å². The van der Waals surface area contributed by atoms with Crippen LogP contribution < -0.4 is 10.5 Å². The molecule has 2 N–H and O–H groups in total. The standard InChI is InChI=1S/C16H25ClN2O/c1-3-19(11-12-5-4-6-12)15(10-18)13-7-8-16(20-2)14(17)9-13/h7-9,12,15H,3-6,10-11,18H2,1-2H3. The summed E-state index contributed by atoms with van der Waals surface area (Å²) in [6.07, 6.45) is 4.10. The van der Waals surface area contributed by atoms with Crippen LogP contribution in [0.25, 0.3) is 0 Å². The normalized spacial score (nSPS) is 17.1. The fourth-order valence-corrected chi connectivity index (χ4v) is 3.14. The highest BCUT2D eigenvalue weighted by atomic mass is 35.5. The highest BCUT2D eigenvalue weighted by Gasteiger charge is 2.25. The Morgan fingerprint density at radius 1 is 1.45 bits per heavy atom. The molecule has 1 saturated carbocycles. The fourth-order valence-electron chi connectivity index (χ4n) is 2.87. The molecule has 112 valence electrons. The zero-order valence-electron chi connectivity index (χ0n) is 12.4. The highest BCUT2D eigenvalue weighted by molar-refractivity contribution is 6.32. The van der Waals surface area contributed by atoms with Crippen LogP contribution in [-0.4, -0.2) is 31.6 Å². The van der Waals surface area contributed by atoms with Crippen LogP contribution in [0, 0.1) is 5.92 Å². The van der Waals surface area contributed by atoms with Crippen molar-refractivity contribution < 1.29 is 4.74 Å². The topological polar surface area (TPSA) is 38.5 Å². The molecule has 1 fully saturated rings. The molecule has 1 aliphatic rings. The van der Waals surface area contributed by atoms with Crippen LogP contribution in [0.2, 0.25) is 5.02 Å². The lowest BCUT2D eigenvalue weighted by atomic mass is 9.84. The van der Waals surface area contributed by atoms with Gasteiger partial charge in [-0.15, -0.1) is 0 Å². The number of methoxy groups -OCH3 is 1. The minimum absolute atomic E-state index is 0.240. The maximum Gasteiger partial charge on any atom is 0.137 e. The fraction of sp³-hybridized carbons (Fsp3) is 0.625. The Morgan fingerprint density at radius 3 is 2.65 bits per heavy atom. The summed E-state index contributed by atoms with van der Waals surface area (Å²) in [5.74, 6) is 1.56. The molecule has 0 radical (unpaired) electrons. The zero-order chi connectivity index (χ0) is 14.5. The van der Waals surface area contributed by atoms with E-state index in [2.05, 4.69) is 17.9 Å². The molecular formula is C16H25ClN2O. The first-order chi connectivity index (χ1) is 9.69. The van der Waals surface area contributed by atoms with Crippen molar-refractivity contribution in [1.29, 1.82) is 0 Å². The Hall–Kier alpha value is -0.770. The van der Waals surface area contributed by atoms with Crippen LogP contribution in [0.4, 0.5) is 0 Å². The van der Waals surface area contributed by atoms with Crippen molar-refractivity contribution >= 4 is 11.6 Å². The number of halogens is 1. The quantitative estimate of drug-likeness (QED) is 0.837. The van der Waals surface area contributed by atoms with E-state index in [0.29, 0.717) is 17.3 Å². The van der Waals surface area contributed by atoms with Crippen molar-refractivity contribution in [3.8, 4) is 5.75 Å². The van der Waals surface area contributed by atoms with Crippen LogP contribution in [-0.2, 0) is 0 Å². The number of nitrogens with zero attached hydrogens (tertiary/aromatic N) is 1. The van der Waals surface area contributed by atoms with Gasteiger partial charge in [0.2, 0.25) is 0 Å². The van der Waals surface area contributed by atoms with E-state index in [1.165, 1.54) is 24.8 Å². The Morgan fingerprint density at radius 2 is 2.20 bits per heavy atom. The van der Waals surface area contributed by atoms with Crippen LogP contribution in [0.5, 0.6) is 5.75 Å². The second-order valence-corrected chi connectivity index (χ2v) is 5.94. The van der Waals surface area contributed by atoms with E-state index >= 15 is 0 Å². The number of ether oxygens (including phenoxy) is 1. The van der Waals surface area contributed by atoms with E-state index in [4.69, 9.17) is 22.1 Å². The molecule has 1 unspecified atom stereocenters. The lowest BCUT2D eigenvalue weighted by Gasteiger charge is -2.36. The average Bonchev–Trinajstić information content (AvgIpc) is 2.41. The maximum absolute atomic E-state index is 6.24.